The molecule has 0 fully saturated rings. The first-order chi connectivity index (χ1) is 19.5. The van der Waals surface area contributed by atoms with Crippen molar-refractivity contribution in [2.45, 2.75) is 22.8 Å². The van der Waals surface area contributed by atoms with Gasteiger partial charge in [-0.2, -0.15) is 4.31 Å². The molecule has 212 valence electrons. The fraction of sp³-hybridized carbons (Fsp3) is 0.138. The SMILES string of the molecule is O=C(CN(Cc1ccc(Br)cc1)S(=O)(=O)c1ccccc1)Nc1ccc2c(c1)N(S(=O)(=O)c1ccc(Cl)cc1)CC2. The maximum Gasteiger partial charge on any atom is 0.264 e. The Hall–Kier alpha value is -3.22. The average molecular weight is 675 g/mol. The fourth-order valence-corrected chi connectivity index (χ4v) is 7.82. The summed E-state index contributed by atoms with van der Waals surface area (Å²) in [5, 5.41) is 3.18. The summed E-state index contributed by atoms with van der Waals surface area (Å²) in [6.07, 6.45) is 0.521. The van der Waals surface area contributed by atoms with Crippen molar-refractivity contribution in [2.75, 3.05) is 22.7 Å². The Morgan fingerprint density at radius 3 is 2.24 bits per heavy atom. The molecule has 1 aliphatic rings. The number of amides is 1. The van der Waals surface area contributed by atoms with E-state index in [4.69, 9.17) is 11.6 Å². The van der Waals surface area contributed by atoms with Gasteiger partial charge < -0.3 is 5.32 Å². The molecule has 12 heteroatoms. The summed E-state index contributed by atoms with van der Waals surface area (Å²) in [6.45, 7) is -0.208. The number of sulfonamides is 2. The summed E-state index contributed by atoms with van der Waals surface area (Å²) in [7, 11) is -7.85. The van der Waals surface area contributed by atoms with E-state index in [0.717, 1.165) is 14.3 Å². The van der Waals surface area contributed by atoms with Crippen LogP contribution in [0.3, 0.4) is 0 Å². The zero-order chi connectivity index (χ0) is 29.2. The third-order valence-corrected chi connectivity index (χ3v) is 11.0. The number of carbonyl (C=O) groups excluding carboxylic acids is 1. The van der Waals surface area contributed by atoms with E-state index >= 15 is 0 Å². The van der Waals surface area contributed by atoms with Gasteiger partial charge in [0.2, 0.25) is 15.9 Å². The van der Waals surface area contributed by atoms with Gasteiger partial charge in [0.15, 0.2) is 0 Å². The van der Waals surface area contributed by atoms with Crippen LogP contribution in [0.15, 0.2) is 111 Å². The van der Waals surface area contributed by atoms with E-state index in [-0.39, 0.29) is 22.9 Å². The second kappa shape index (κ2) is 11.9. The van der Waals surface area contributed by atoms with E-state index in [9.17, 15) is 21.6 Å². The zero-order valence-corrected chi connectivity index (χ0v) is 25.5. The van der Waals surface area contributed by atoms with Gasteiger partial charge in [0, 0.05) is 28.3 Å². The van der Waals surface area contributed by atoms with Crippen LogP contribution < -0.4 is 9.62 Å². The highest BCUT2D eigenvalue weighted by Gasteiger charge is 2.32. The molecular weight excluding hydrogens is 650 g/mol. The molecule has 0 saturated carbocycles. The third kappa shape index (κ3) is 6.49. The fourth-order valence-electron chi connectivity index (χ4n) is 4.53. The van der Waals surface area contributed by atoms with Gasteiger partial charge in [-0.1, -0.05) is 63.9 Å². The van der Waals surface area contributed by atoms with Crippen molar-refractivity contribution >= 4 is 64.9 Å². The lowest BCUT2D eigenvalue weighted by molar-refractivity contribution is -0.116. The quantitative estimate of drug-likeness (QED) is 0.246. The van der Waals surface area contributed by atoms with Crippen LogP contribution in [0.25, 0.3) is 0 Å². The van der Waals surface area contributed by atoms with Crippen LogP contribution in [0.1, 0.15) is 11.1 Å². The molecule has 0 unspecified atom stereocenters. The number of hydrogen-bond acceptors (Lipinski definition) is 5. The molecule has 0 spiro atoms. The Balaban J connectivity index is 1.38. The lowest BCUT2D eigenvalue weighted by atomic mass is 10.1. The molecule has 1 N–H and O–H groups in total. The summed E-state index contributed by atoms with van der Waals surface area (Å²) in [4.78, 5) is 13.4. The number of benzene rings is 4. The molecule has 41 heavy (non-hydrogen) atoms. The Bertz CT molecular complexity index is 1780. The van der Waals surface area contributed by atoms with Crippen molar-refractivity contribution in [2.24, 2.45) is 0 Å². The van der Waals surface area contributed by atoms with Gasteiger partial charge in [0.05, 0.1) is 22.0 Å². The average Bonchev–Trinajstić information content (AvgIpc) is 3.39. The third-order valence-electron chi connectivity index (χ3n) is 6.60. The van der Waals surface area contributed by atoms with E-state index in [1.807, 2.05) is 0 Å². The summed E-state index contributed by atoms with van der Waals surface area (Å²) in [6, 6.07) is 26.1. The van der Waals surface area contributed by atoms with Gasteiger partial charge in [-0.3, -0.25) is 9.10 Å². The molecule has 0 radical (unpaired) electrons. The van der Waals surface area contributed by atoms with Crippen LogP contribution in [0.2, 0.25) is 5.02 Å². The van der Waals surface area contributed by atoms with Gasteiger partial charge in [-0.15, -0.1) is 0 Å². The van der Waals surface area contributed by atoms with E-state index < -0.39 is 32.5 Å². The van der Waals surface area contributed by atoms with Crippen molar-refractivity contribution in [3.8, 4) is 0 Å². The second-order valence-electron chi connectivity index (χ2n) is 9.39. The number of halogens is 2. The Morgan fingerprint density at radius 2 is 1.56 bits per heavy atom. The van der Waals surface area contributed by atoms with Crippen molar-refractivity contribution < 1.29 is 21.6 Å². The first-order valence-electron chi connectivity index (χ1n) is 12.5. The molecule has 0 aromatic heterocycles. The highest BCUT2D eigenvalue weighted by molar-refractivity contribution is 9.10. The van der Waals surface area contributed by atoms with Crippen molar-refractivity contribution in [1.82, 2.24) is 4.31 Å². The number of rotatable bonds is 9. The molecule has 1 amide bonds. The monoisotopic (exact) mass is 673 g/mol. The molecule has 4 aromatic rings. The summed E-state index contributed by atoms with van der Waals surface area (Å²) in [5.74, 6) is -0.563. The van der Waals surface area contributed by atoms with Crippen LogP contribution in [0.5, 0.6) is 0 Å². The van der Waals surface area contributed by atoms with Gasteiger partial charge in [0.25, 0.3) is 10.0 Å². The smallest absolute Gasteiger partial charge is 0.264 e. The lowest BCUT2D eigenvalue weighted by Gasteiger charge is -2.23. The molecule has 1 aliphatic heterocycles. The number of carbonyl (C=O) groups is 1. The van der Waals surface area contributed by atoms with E-state index in [1.54, 1.807) is 60.7 Å². The molecule has 5 rings (SSSR count). The largest absolute Gasteiger partial charge is 0.325 e. The van der Waals surface area contributed by atoms with E-state index in [1.165, 1.54) is 40.7 Å². The van der Waals surface area contributed by atoms with Crippen LogP contribution in [-0.2, 0) is 37.8 Å². The molecular formula is C29H25BrClN3O5S2. The summed E-state index contributed by atoms with van der Waals surface area (Å²) in [5.41, 5.74) is 2.35. The molecule has 1 heterocycles. The second-order valence-corrected chi connectivity index (χ2v) is 14.5. The molecule has 8 nitrogen and oxygen atoms in total. The first kappa shape index (κ1) is 29.3. The number of fused-ring (bicyclic) bond motifs is 1. The minimum Gasteiger partial charge on any atom is -0.325 e. The Labute approximate surface area is 252 Å². The van der Waals surface area contributed by atoms with E-state index in [2.05, 4.69) is 21.2 Å². The van der Waals surface area contributed by atoms with E-state index in [0.29, 0.717) is 28.4 Å². The highest BCUT2D eigenvalue weighted by atomic mass is 79.9. The zero-order valence-electron chi connectivity index (χ0n) is 21.6. The predicted molar refractivity (Wildman–Crippen MR) is 163 cm³/mol. The molecule has 4 aromatic carbocycles. The maximum atomic E-state index is 13.5. The lowest BCUT2D eigenvalue weighted by Crippen LogP contribution is -2.37. The number of nitrogens with one attached hydrogen (secondary N) is 1. The predicted octanol–water partition coefficient (Wildman–Crippen LogP) is 5.68. The normalized spacial score (nSPS) is 13.3. The van der Waals surface area contributed by atoms with Crippen molar-refractivity contribution in [1.29, 1.82) is 0 Å². The van der Waals surface area contributed by atoms with Gasteiger partial charge in [-0.25, -0.2) is 16.8 Å². The maximum absolute atomic E-state index is 13.5. The van der Waals surface area contributed by atoms with Crippen molar-refractivity contribution in [3.63, 3.8) is 0 Å². The molecule has 0 bridgehead atoms. The standard InChI is InChI=1S/C29H25BrClN3O5S2/c30-23-9-6-21(7-10-23)19-33(40(36,37)26-4-2-1-3-5-26)20-29(35)32-25-13-8-22-16-17-34(28(22)18-25)41(38,39)27-14-11-24(31)12-15-27/h1-15,18H,16-17,19-20H2,(H,32,35). The first-order valence-corrected chi connectivity index (χ1v) is 16.6. The van der Waals surface area contributed by atoms with Crippen molar-refractivity contribution in [3.05, 3.63) is 118 Å². The Morgan fingerprint density at radius 1 is 0.878 bits per heavy atom. The number of anilines is 2. The van der Waals surface area contributed by atoms with Crippen LogP contribution >= 0.6 is 27.5 Å². The minimum absolute atomic E-state index is 0.0186. The highest BCUT2D eigenvalue weighted by Crippen LogP contribution is 2.35. The number of nitrogens with zero attached hydrogens (tertiary/aromatic N) is 2. The number of hydrogen-bond donors (Lipinski definition) is 1. The Kier molecular flexibility index (Phi) is 8.53. The van der Waals surface area contributed by atoms with Crippen LogP contribution in [0.4, 0.5) is 11.4 Å². The molecule has 0 saturated heterocycles. The van der Waals surface area contributed by atoms with Gasteiger partial charge in [0.1, 0.15) is 0 Å². The summed E-state index contributed by atoms with van der Waals surface area (Å²) >= 11 is 9.31. The topological polar surface area (TPSA) is 104 Å². The van der Waals surface area contributed by atoms with Gasteiger partial charge in [-0.05, 0) is 78.2 Å². The summed E-state index contributed by atoms with van der Waals surface area (Å²) < 4.78 is 57.0. The van der Waals surface area contributed by atoms with Gasteiger partial charge >= 0.3 is 0 Å². The molecule has 0 atom stereocenters. The van der Waals surface area contributed by atoms with Crippen LogP contribution in [-0.4, -0.2) is 40.1 Å². The minimum atomic E-state index is -4.00. The van der Waals surface area contributed by atoms with Crippen LogP contribution in [0, 0.1) is 0 Å². The molecule has 0 aliphatic carbocycles.